The van der Waals surface area contributed by atoms with Crippen LogP contribution in [0.3, 0.4) is 0 Å². The molecule has 0 saturated carbocycles. The Morgan fingerprint density at radius 3 is 1.23 bits per heavy atom. The number of hydrogen-bond donors (Lipinski definition) is 3. The van der Waals surface area contributed by atoms with E-state index in [0.29, 0.717) is 5.75 Å². The van der Waals surface area contributed by atoms with Crippen molar-refractivity contribution in [3.8, 4) is 17.2 Å². The van der Waals surface area contributed by atoms with Crippen LogP contribution in [0.15, 0.2) is 66.7 Å². The van der Waals surface area contributed by atoms with E-state index in [1.165, 1.54) is 0 Å². The van der Waals surface area contributed by atoms with Crippen LogP contribution in [0.1, 0.15) is 36.1 Å². The van der Waals surface area contributed by atoms with Gasteiger partial charge in [-0.2, -0.15) is 0 Å². The summed E-state index contributed by atoms with van der Waals surface area (Å²) >= 11 is 0. The maximum Gasteiger partial charge on any atom is 0.121 e. The van der Waals surface area contributed by atoms with Gasteiger partial charge in [-0.25, -0.2) is 0 Å². The summed E-state index contributed by atoms with van der Waals surface area (Å²) in [6.07, 6.45) is 0. The molecule has 3 aromatic rings. The maximum atomic E-state index is 9.30. The smallest absolute Gasteiger partial charge is 0.121 e. The van der Waals surface area contributed by atoms with Gasteiger partial charge in [-0.15, -0.1) is 0 Å². The van der Waals surface area contributed by atoms with Gasteiger partial charge in [-0.3, -0.25) is 0 Å². The minimum Gasteiger partial charge on any atom is -0.508 e. The summed E-state index contributed by atoms with van der Waals surface area (Å²) in [5.41, 5.74) is 3.98. The first-order chi connectivity index (χ1) is 12.2. The van der Waals surface area contributed by atoms with Crippen molar-refractivity contribution in [2.24, 2.45) is 0 Å². The van der Waals surface area contributed by atoms with Crippen molar-refractivity contribution < 1.29 is 15.3 Å². The molecule has 0 aromatic heterocycles. The lowest BCUT2D eigenvalue weighted by Crippen LogP contribution is -2.18. The fourth-order valence-electron chi connectivity index (χ4n) is 2.73. The van der Waals surface area contributed by atoms with Gasteiger partial charge in [0.25, 0.3) is 0 Å². The fourth-order valence-corrected chi connectivity index (χ4v) is 2.73. The standard InChI is InChI=1S/C15H16O2.C8H10O/c1-15(2,11-3-7-13(16)8-4-11)12-5-9-14(17)10-6-12;1-6-4-3-5-7(2)8(6)9/h3-10,16-17H,1-2H3;3-5,9H,1-2H3. The monoisotopic (exact) mass is 350 g/mol. The molecule has 3 rings (SSSR count). The van der Waals surface area contributed by atoms with E-state index in [4.69, 9.17) is 0 Å². The van der Waals surface area contributed by atoms with Gasteiger partial charge in [0.05, 0.1) is 0 Å². The quantitative estimate of drug-likeness (QED) is 0.577. The van der Waals surface area contributed by atoms with Crippen LogP contribution < -0.4 is 0 Å². The molecule has 3 aromatic carbocycles. The van der Waals surface area contributed by atoms with Gasteiger partial charge in [0.2, 0.25) is 0 Å². The maximum absolute atomic E-state index is 9.30. The molecular weight excluding hydrogens is 324 g/mol. The van der Waals surface area contributed by atoms with Crippen molar-refractivity contribution in [1.82, 2.24) is 0 Å². The first-order valence-corrected chi connectivity index (χ1v) is 8.56. The summed E-state index contributed by atoms with van der Waals surface area (Å²) in [5, 5.41) is 27.8. The Balaban J connectivity index is 0.000000228. The highest BCUT2D eigenvalue weighted by molar-refractivity contribution is 5.41. The van der Waals surface area contributed by atoms with Crippen molar-refractivity contribution in [2.45, 2.75) is 33.1 Å². The lowest BCUT2D eigenvalue weighted by Gasteiger charge is -2.26. The predicted octanol–water partition coefficient (Wildman–Crippen LogP) is 5.43. The lowest BCUT2D eigenvalue weighted by atomic mass is 9.78. The van der Waals surface area contributed by atoms with Crippen LogP contribution in [0.25, 0.3) is 0 Å². The second-order valence-corrected chi connectivity index (χ2v) is 6.96. The number of phenolic OH excluding ortho intramolecular Hbond substituents is 3. The molecule has 0 heterocycles. The minimum atomic E-state index is -0.151. The van der Waals surface area contributed by atoms with E-state index in [1.807, 2.05) is 56.3 Å². The van der Waals surface area contributed by atoms with E-state index in [1.54, 1.807) is 24.3 Å². The summed E-state index contributed by atoms with van der Waals surface area (Å²) in [6.45, 7) is 8.02. The van der Waals surface area contributed by atoms with E-state index in [9.17, 15) is 15.3 Å². The van der Waals surface area contributed by atoms with Crippen LogP contribution >= 0.6 is 0 Å². The zero-order valence-electron chi connectivity index (χ0n) is 15.7. The number of benzene rings is 3. The Morgan fingerprint density at radius 2 is 0.923 bits per heavy atom. The molecule has 0 aliphatic carbocycles. The van der Waals surface area contributed by atoms with Crippen molar-refractivity contribution in [1.29, 1.82) is 0 Å². The largest absolute Gasteiger partial charge is 0.508 e. The zero-order chi connectivity index (χ0) is 19.3. The Morgan fingerprint density at radius 1 is 0.577 bits per heavy atom. The highest BCUT2D eigenvalue weighted by atomic mass is 16.3. The molecule has 0 radical (unpaired) electrons. The Kier molecular flexibility index (Phi) is 5.93. The third kappa shape index (κ3) is 4.57. The molecule has 26 heavy (non-hydrogen) atoms. The molecule has 0 atom stereocenters. The third-order valence-corrected chi connectivity index (χ3v) is 4.62. The van der Waals surface area contributed by atoms with Crippen LogP contribution in [0.4, 0.5) is 0 Å². The number of rotatable bonds is 2. The predicted molar refractivity (Wildman–Crippen MR) is 106 cm³/mol. The number of aromatic hydroxyl groups is 3. The first-order valence-electron chi connectivity index (χ1n) is 8.56. The molecule has 0 aliphatic rings. The van der Waals surface area contributed by atoms with E-state index in [2.05, 4.69) is 13.8 Å². The highest BCUT2D eigenvalue weighted by Crippen LogP contribution is 2.32. The minimum absolute atomic E-state index is 0.151. The molecule has 0 aliphatic heterocycles. The van der Waals surface area contributed by atoms with Crippen molar-refractivity contribution in [3.63, 3.8) is 0 Å². The fraction of sp³-hybridized carbons (Fsp3) is 0.217. The Bertz CT molecular complexity index is 780. The summed E-state index contributed by atoms with van der Waals surface area (Å²) in [5.74, 6) is 0.961. The summed E-state index contributed by atoms with van der Waals surface area (Å²) < 4.78 is 0. The molecule has 0 spiro atoms. The van der Waals surface area contributed by atoms with Gasteiger partial charge in [0, 0.05) is 5.41 Å². The molecule has 136 valence electrons. The number of hydrogen-bond acceptors (Lipinski definition) is 3. The molecule has 0 fully saturated rings. The zero-order valence-corrected chi connectivity index (χ0v) is 15.7. The Hall–Kier alpha value is -2.94. The van der Waals surface area contributed by atoms with Gasteiger partial charge in [-0.1, -0.05) is 56.3 Å². The van der Waals surface area contributed by atoms with Crippen molar-refractivity contribution in [2.75, 3.05) is 0 Å². The van der Waals surface area contributed by atoms with Crippen LogP contribution in [0, 0.1) is 13.8 Å². The van der Waals surface area contributed by atoms with Gasteiger partial charge in [0.15, 0.2) is 0 Å². The first kappa shape index (κ1) is 19.4. The molecule has 0 saturated heterocycles. The lowest BCUT2D eigenvalue weighted by molar-refractivity contribution is 0.467. The number of aryl methyl sites for hydroxylation is 2. The molecule has 3 N–H and O–H groups in total. The second-order valence-electron chi connectivity index (χ2n) is 6.96. The molecular formula is C23H26O3. The molecule has 3 heteroatoms. The van der Waals surface area contributed by atoms with Crippen molar-refractivity contribution >= 4 is 0 Å². The van der Waals surface area contributed by atoms with E-state index in [0.717, 1.165) is 22.3 Å². The van der Waals surface area contributed by atoms with Crippen molar-refractivity contribution in [3.05, 3.63) is 89.0 Å². The normalized spacial score (nSPS) is 10.8. The highest BCUT2D eigenvalue weighted by Gasteiger charge is 2.22. The average Bonchev–Trinajstić information content (AvgIpc) is 2.61. The molecule has 0 unspecified atom stereocenters. The molecule has 0 bridgehead atoms. The molecule has 0 amide bonds. The van der Waals surface area contributed by atoms with E-state index < -0.39 is 0 Å². The topological polar surface area (TPSA) is 60.7 Å². The Labute approximate surface area is 155 Å². The second kappa shape index (κ2) is 7.96. The average molecular weight is 350 g/mol. The number of para-hydroxylation sites is 1. The van der Waals surface area contributed by atoms with Gasteiger partial charge < -0.3 is 15.3 Å². The van der Waals surface area contributed by atoms with E-state index in [-0.39, 0.29) is 16.9 Å². The summed E-state index contributed by atoms with van der Waals surface area (Å²) in [4.78, 5) is 0. The van der Waals surface area contributed by atoms with E-state index >= 15 is 0 Å². The number of phenols is 3. The van der Waals surface area contributed by atoms with Crippen LogP contribution in [-0.4, -0.2) is 15.3 Å². The van der Waals surface area contributed by atoms with Crippen LogP contribution in [0.2, 0.25) is 0 Å². The van der Waals surface area contributed by atoms with Crippen LogP contribution in [-0.2, 0) is 5.41 Å². The SMILES string of the molecule is CC(C)(c1ccc(O)cc1)c1ccc(O)cc1.Cc1cccc(C)c1O. The van der Waals surface area contributed by atoms with Gasteiger partial charge >= 0.3 is 0 Å². The van der Waals surface area contributed by atoms with Crippen LogP contribution in [0.5, 0.6) is 17.2 Å². The van der Waals surface area contributed by atoms with Gasteiger partial charge in [0.1, 0.15) is 17.2 Å². The third-order valence-electron chi connectivity index (χ3n) is 4.62. The summed E-state index contributed by atoms with van der Waals surface area (Å²) in [6, 6.07) is 20.2. The molecule has 3 nitrogen and oxygen atoms in total. The summed E-state index contributed by atoms with van der Waals surface area (Å²) in [7, 11) is 0. The van der Waals surface area contributed by atoms with Gasteiger partial charge in [-0.05, 0) is 60.4 Å².